The molecule has 0 saturated carbocycles. The van der Waals surface area contributed by atoms with Crippen molar-refractivity contribution < 1.29 is 18.5 Å². The molecule has 0 spiro atoms. The topological polar surface area (TPSA) is 59.8 Å². The van der Waals surface area contributed by atoms with Crippen molar-refractivity contribution >= 4 is 16.9 Å². The van der Waals surface area contributed by atoms with Crippen LogP contribution in [0.2, 0.25) is 0 Å². The quantitative estimate of drug-likeness (QED) is 0.741. The van der Waals surface area contributed by atoms with Crippen molar-refractivity contribution in [3.05, 3.63) is 59.7 Å². The Bertz CT molecular complexity index is 876. The molecule has 0 unspecified atom stereocenters. The van der Waals surface area contributed by atoms with Crippen molar-refractivity contribution in [1.82, 2.24) is 5.32 Å². The maximum atomic E-state index is 12.7. The molecule has 2 aromatic heterocycles. The van der Waals surface area contributed by atoms with Crippen LogP contribution in [0.3, 0.4) is 0 Å². The molecule has 1 fully saturated rings. The molecule has 1 atom stereocenters. The lowest BCUT2D eigenvalue weighted by Gasteiger charge is -2.30. The summed E-state index contributed by atoms with van der Waals surface area (Å²) in [5.74, 6) is 1.17. The number of fused-ring (bicyclic) bond motifs is 1. The monoisotopic (exact) mass is 353 g/mol. The minimum Gasteiger partial charge on any atom is -0.463 e. The van der Waals surface area contributed by atoms with E-state index < -0.39 is 0 Å². The minimum atomic E-state index is -0.160. The first kappa shape index (κ1) is 16.9. The molecule has 5 nitrogen and oxygen atoms in total. The van der Waals surface area contributed by atoms with E-state index in [-0.39, 0.29) is 11.9 Å². The Balaban J connectivity index is 1.51. The zero-order valence-electron chi connectivity index (χ0n) is 15.1. The number of hydrogen-bond acceptors (Lipinski definition) is 3. The Morgan fingerprint density at radius 2 is 1.96 bits per heavy atom. The third kappa shape index (κ3) is 3.27. The smallest absolute Gasteiger partial charge is 0.287 e. The van der Waals surface area contributed by atoms with Gasteiger partial charge < -0.3 is 19.1 Å². The predicted octanol–water partition coefficient (Wildman–Crippen LogP) is 2.87. The van der Waals surface area contributed by atoms with E-state index in [1.54, 1.807) is 6.26 Å². The van der Waals surface area contributed by atoms with Crippen LogP contribution in [0.5, 0.6) is 0 Å². The number of hydrogen-bond donors (Lipinski definition) is 2. The molecule has 0 radical (unpaired) electrons. The lowest BCUT2D eigenvalue weighted by molar-refractivity contribution is -0.936. The van der Waals surface area contributed by atoms with E-state index in [4.69, 9.17) is 8.83 Å². The van der Waals surface area contributed by atoms with Gasteiger partial charge in [-0.25, -0.2) is 0 Å². The molecule has 26 heavy (non-hydrogen) atoms. The van der Waals surface area contributed by atoms with Crippen LogP contribution in [0.25, 0.3) is 11.0 Å². The molecule has 2 N–H and O–H groups in total. The maximum absolute atomic E-state index is 12.7. The summed E-state index contributed by atoms with van der Waals surface area (Å²) in [5.41, 5.74) is 1.64. The number of aryl methyl sites for hydroxylation is 1. The van der Waals surface area contributed by atoms with Crippen LogP contribution in [0.1, 0.15) is 47.2 Å². The molecule has 1 aliphatic rings. The SMILES string of the molecule is Cc1c(C(=O)NC[C@H](c2ccco2)[NH+]2CCCCC2)oc2ccccc12. The number of piperidine rings is 1. The highest BCUT2D eigenvalue weighted by molar-refractivity contribution is 5.98. The number of furan rings is 2. The largest absolute Gasteiger partial charge is 0.463 e. The summed E-state index contributed by atoms with van der Waals surface area (Å²) >= 11 is 0. The summed E-state index contributed by atoms with van der Waals surface area (Å²) in [6.07, 6.45) is 5.45. The summed E-state index contributed by atoms with van der Waals surface area (Å²) in [5, 5.41) is 4.06. The summed E-state index contributed by atoms with van der Waals surface area (Å²) in [4.78, 5) is 14.2. The van der Waals surface area contributed by atoms with Gasteiger partial charge in [-0.15, -0.1) is 0 Å². The van der Waals surface area contributed by atoms with E-state index >= 15 is 0 Å². The van der Waals surface area contributed by atoms with Crippen molar-refractivity contribution in [2.45, 2.75) is 32.2 Å². The van der Waals surface area contributed by atoms with Gasteiger partial charge in [-0.1, -0.05) is 18.2 Å². The summed E-state index contributed by atoms with van der Waals surface area (Å²) in [6, 6.07) is 11.8. The van der Waals surface area contributed by atoms with Gasteiger partial charge in [0.2, 0.25) is 0 Å². The molecule has 0 bridgehead atoms. The Hall–Kier alpha value is -2.53. The molecule has 4 rings (SSSR count). The fourth-order valence-corrected chi connectivity index (χ4v) is 3.96. The van der Waals surface area contributed by atoms with Gasteiger partial charge in [0.15, 0.2) is 17.6 Å². The highest BCUT2D eigenvalue weighted by atomic mass is 16.3. The third-order valence-corrected chi connectivity index (χ3v) is 5.39. The Morgan fingerprint density at radius 1 is 1.15 bits per heavy atom. The number of benzene rings is 1. The van der Waals surface area contributed by atoms with E-state index in [2.05, 4.69) is 5.32 Å². The molecule has 5 heteroatoms. The standard InChI is InChI=1S/C21H24N2O3/c1-15-16-8-3-4-9-18(16)26-20(15)21(24)22-14-17(19-10-7-13-25-19)23-11-5-2-6-12-23/h3-4,7-10,13,17H,2,5-6,11-12,14H2,1H3,(H,22,24)/p+1/t17-/m1/s1. The molecule has 136 valence electrons. The molecule has 1 saturated heterocycles. The number of carbonyl (C=O) groups excluding carboxylic acids is 1. The molecule has 3 heterocycles. The number of likely N-dealkylation sites (tertiary alicyclic amines) is 1. The second kappa shape index (κ2) is 7.38. The lowest BCUT2D eigenvalue weighted by atomic mass is 10.1. The van der Waals surface area contributed by atoms with E-state index in [0.717, 1.165) is 35.4 Å². The molecular weight excluding hydrogens is 328 g/mol. The second-order valence-corrected chi connectivity index (χ2v) is 7.05. The van der Waals surface area contributed by atoms with Crippen LogP contribution in [-0.4, -0.2) is 25.5 Å². The van der Waals surface area contributed by atoms with Crippen LogP contribution >= 0.6 is 0 Å². The normalized spacial score (nSPS) is 16.7. The first-order chi connectivity index (χ1) is 12.7. The predicted molar refractivity (Wildman–Crippen MR) is 99.3 cm³/mol. The van der Waals surface area contributed by atoms with Crippen LogP contribution in [0.15, 0.2) is 51.5 Å². The van der Waals surface area contributed by atoms with E-state index in [0.29, 0.717) is 12.3 Å². The number of para-hydroxylation sites is 1. The fraction of sp³-hybridized carbons (Fsp3) is 0.381. The van der Waals surface area contributed by atoms with E-state index in [1.165, 1.54) is 24.2 Å². The molecule has 0 aliphatic carbocycles. The fourth-order valence-electron chi connectivity index (χ4n) is 3.96. The van der Waals surface area contributed by atoms with Gasteiger partial charge in [0.25, 0.3) is 5.91 Å². The number of nitrogens with one attached hydrogen (secondary N) is 2. The summed E-state index contributed by atoms with van der Waals surface area (Å²) in [6.45, 7) is 4.70. The van der Waals surface area contributed by atoms with E-state index in [9.17, 15) is 4.79 Å². The van der Waals surface area contributed by atoms with Gasteiger partial charge >= 0.3 is 0 Å². The average molecular weight is 353 g/mol. The zero-order chi connectivity index (χ0) is 17.9. The van der Waals surface area contributed by atoms with Gasteiger partial charge in [0.05, 0.1) is 25.9 Å². The molecular formula is C21H25N2O3+. The van der Waals surface area contributed by atoms with Crippen LogP contribution < -0.4 is 10.2 Å². The van der Waals surface area contributed by atoms with Crippen molar-refractivity contribution in [2.75, 3.05) is 19.6 Å². The van der Waals surface area contributed by atoms with Crippen molar-refractivity contribution in [3.63, 3.8) is 0 Å². The van der Waals surface area contributed by atoms with Crippen molar-refractivity contribution in [3.8, 4) is 0 Å². The number of amides is 1. The molecule has 3 aromatic rings. The number of carbonyl (C=O) groups is 1. The van der Waals surface area contributed by atoms with Crippen LogP contribution in [-0.2, 0) is 0 Å². The minimum absolute atomic E-state index is 0.138. The van der Waals surface area contributed by atoms with Crippen molar-refractivity contribution in [1.29, 1.82) is 0 Å². The highest BCUT2D eigenvalue weighted by Crippen LogP contribution is 2.24. The van der Waals surface area contributed by atoms with Crippen LogP contribution in [0.4, 0.5) is 0 Å². The van der Waals surface area contributed by atoms with Gasteiger partial charge in [-0.2, -0.15) is 0 Å². The first-order valence-corrected chi connectivity index (χ1v) is 9.38. The number of rotatable bonds is 5. The van der Waals surface area contributed by atoms with E-state index in [1.807, 2.05) is 43.3 Å². The molecule has 1 aromatic carbocycles. The average Bonchev–Trinajstić information content (AvgIpc) is 3.32. The summed E-state index contributed by atoms with van der Waals surface area (Å²) in [7, 11) is 0. The van der Waals surface area contributed by atoms with Gasteiger partial charge in [0.1, 0.15) is 5.58 Å². The summed E-state index contributed by atoms with van der Waals surface area (Å²) < 4.78 is 11.4. The number of quaternary nitrogens is 1. The van der Waals surface area contributed by atoms with Crippen LogP contribution in [0, 0.1) is 6.92 Å². The second-order valence-electron chi connectivity index (χ2n) is 7.05. The highest BCUT2D eigenvalue weighted by Gasteiger charge is 2.29. The molecule has 1 aliphatic heterocycles. The Labute approximate surface area is 153 Å². The zero-order valence-corrected chi connectivity index (χ0v) is 15.1. The van der Waals surface area contributed by atoms with Gasteiger partial charge in [-0.3, -0.25) is 4.79 Å². The third-order valence-electron chi connectivity index (χ3n) is 5.39. The molecule has 1 amide bonds. The van der Waals surface area contributed by atoms with Crippen molar-refractivity contribution in [2.24, 2.45) is 0 Å². The van der Waals surface area contributed by atoms with Gasteiger partial charge in [0, 0.05) is 10.9 Å². The maximum Gasteiger partial charge on any atom is 0.287 e. The Kier molecular flexibility index (Phi) is 4.80. The first-order valence-electron chi connectivity index (χ1n) is 9.38. The lowest BCUT2D eigenvalue weighted by Crippen LogP contribution is -3.13. The van der Waals surface area contributed by atoms with Gasteiger partial charge in [-0.05, 0) is 44.4 Å². The Morgan fingerprint density at radius 3 is 2.69 bits per heavy atom.